The van der Waals surface area contributed by atoms with Gasteiger partial charge in [0, 0.05) is 12.2 Å². The Labute approximate surface area is 119 Å². The maximum Gasteiger partial charge on any atom is 0.306 e. The molecule has 4 heteroatoms. The smallest absolute Gasteiger partial charge is 0.306 e. The highest BCUT2D eigenvalue weighted by Gasteiger charge is 2.35. The van der Waals surface area contributed by atoms with Crippen LogP contribution in [0.1, 0.15) is 36.8 Å². The molecule has 1 aromatic carbocycles. The van der Waals surface area contributed by atoms with E-state index >= 15 is 0 Å². The highest BCUT2D eigenvalue weighted by atomic mass is 16.4. The standard InChI is InChI=1S/C16H23NO3/c1-11-3-4-12(2)14(9-11)17-10-16(20)7-5-13(6-8-16)15(18)19/h3-4,9,13,17,20H,5-8,10H2,1-2H3,(H,18,19). The molecule has 1 aliphatic rings. The molecule has 1 aromatic rings. The van der Waals surface area contributed by atoms with E-state index in [2.05, 4.69) is 23.5 Å². The van der Waals surface area contributed by atoms with Crippen molar-refractivity contribution >= 4 is 11.7 Å². The minimum absolute atomic E-state index is 0.295. The molecule has 0 amide bonds. The van der Waals surface area contributed by atoms with Crippen molar-refractivity contribution < 1.29 is 15.0 Å². The Balaban J connectivity index is 1.94. The van der Waals surface area contributed by atoms with Gasteiger partial charge in [-0.2, -0.15) is 0 Å². The number of rotatable bonds is 4. The molecule has 0 atom stereocenters. The highest BCUT2D eigenvalue weighted by Crippen LogP contribution is 2.32. The number of nitrogens with one attached hydrogen (secondary N) is 1. The minimum Gasteiger partial charge on any atom is -0.481 e. The predicted molar refractivity (Wildman–Crippen MR) is 78.9 cm³/mol. The van der Waals surface area contributed by atoms with E-state index in [4.69, 9.17) is 5.11 Å². The monoisotopic (exact) mass is 277 g/mol. The lowest BCUT2D eigenvalue weighted by atomic mass is 9.79. The zero-order valence-electron chi connectivity index (χ0n) is 12.1. The van der Waals surface area contributed by atoms with Gasteiger partial charge in [-0.3, -0.25) is 4.79 Å². The minimum atomic E-state index is -0.790. The van der Waals surface area contributed by atoms with Crippen LogP contribution in [0, 0.1) is 19.8 Å². The SMILES string of the molecule is Cc1ccc(C)c(NCC2(O)CCC(C(=O)O)CC2)c1. The molecule has 1 aliphatic carbocycles. The van der Waals surface area contributed by atoms with Crippen molar-refractivity contribution in [2.45, 2.75) is 45.1 Å². The Kier molecular flexibility index (Phi) is 4.33. The average molecular weight is 277 g/mol. The third kappa shape index (κ3) is 3.51. The Morgan fingerprint density at radius 2 is 2.00 bits per heavy atom. The van der Waals surface area contributed by atoms with Crippen LogP contribution in [0.25, 0.3) is 0 Å². The lowest BCUT2D eigenvalue weighted by Crippen LogP contribution is -2.41. The molecular weight excluding hydrogens is 254 g/mol. The first-order valence-corrected chi connectivity index (χ1v) is 7.16. The largest absolute Gasteiger partial charge is 0.481 e. The van der Waals surface area contributed by atoms with E-state index < -0.39 is 11.6 Å². The summed E-state index contributed by atoms with van der Waals surface area (Å²) in [5, 5.41) is 22.8. The molecule has 110 valence electrons. The van der Waals surface area contributed by atoms with Crippen LogP contribution in [-0.4, -0.2) is 28.3 Å². The van der Waals surface area contributed by atoms with E-state index in [1.807, 2.05) is 13.8 Å². The van der Waals surface area contributed by atoms with Crippen LogP contribution < -0.4 is 5.32 Å². The van der Waals surface area contributed by atoms with Gasteiger partial charge in [0.15, 0.2) is 0 Å². The maximum atomic E-state index is 10.9. The first-order chi connectivity index (χ1) is 9.39. The van der Waals surface area contributed by atoms with E-state index in [0.29, 0.717) is 32.2 Å². The third-order valence-electron chi connectivity index (χ3n) is 4.27. The molecule has 1 saturated carbocycles. The number of aryl methyl sites for hydroxylation is 2. The van der Waals surface area contributed by atoms with E-state index in [0.717, 1.165) is 11.3 Å². The fourth-order valence-electron chi connectivity index (χ4n) is 2.76. The highest BCUT2D eigenvalue weighted by molar-refractivity contribution is 5.70. The topological polar surface area (TPSA) is 69.6 Å². The van der Waals surface area contributed by atoms with Gasteiger partial charge in [0.1, 0.15) is 0 Å². The van der Waals surface area contributed by atoms with Crippen LogP contribution in [0.2, 0.25) is 0 Å². The lowest BCUT2D eigenvalue weighted by Gasteiger charge is -2.35. The quantitative estimate of drug-likeness (QED) is 0.791. The zero-order valence-corrected chi connectivity index (χ0v) is 12.1. The van der Waals surface area contributed by atoms with Crippen molar-refractivity contribution in [3.63, 3.8) is 0 Å². The molecule has 20 heavy (non-hydrogen) atoms. The van der Waals surface area contributed by atoms with Gasteiger partial charge in [-0.15, -0.1) is 0 Å². The molecule has 0 bridgehead atoms. The summed E-state index contributed by atoms with van der Waals surface area (Å²) >= 11 is 0. The van der Waals surface area contributed by atoms with Crippen molar-refractivity contribution in [3.8, 4) is 0 Å². The molecule has 0 saturated heterocycles. The molecule has 0 heterocycles. The Hall–Kier alpha value is -1.55. The molecule has 0 aromatic heterocycles. The second kappa shape index (κ2) is 5.83. The van der Waals surface area contributed by atoms with Crippen LogP contribution >= 0.6 is 0 Å². The number of carboxylic acid groups (broad SMARTS) is 1. The number of carboxylic acids is 1. The molecule has 3 N–H and O–H groups in total. The fraction of sp³-hybridized carbons (Fsp3) is 0.562. The van der Waals surface area contributed by atoms with E-state index in [1.54, 1.807) is 0 Å². The number of aliphatic hydroxyl groups is 1. The molecular formula is C16H23NO3. The fourth-order valence-corrected chi connectivity index (χ4v) is 2.76. The van der Waals surface area contributed by atoms with Gasteiger partial charge in [-0.05, 0) is 56.7 Å². The average Bonchev–Trinajstić information content (AvgIpc) is 2.40. The Morgan fingerprint density at radius 1 is 1.35 bits per heavy atom. The van der Waals surface area contributed by atoms with Crippen molar-refractivity contribution in [1.82, 2.24) is 0 Å². The molecule has 0 aliphatic heterocycles. The summed E-state index contributed by atoms with van der Waals surface area (Å²) in [6.07, 6.45) is 2.20. The summed E-state index contributed by atoms with van der Waals surface area (Å²) in [4.78, 5) is 10.9. The first kappa shape index (κ1) is 14.9. The second-order valence-corrected chi connectivity index (χ2v) is 6.01. The summed E-state index contributed by atoms with van der Waals surface area (Å²) in [5.41, 5.74) is 2.58. The van der Waals surface area contributed by atoms with Crippen molar-refractivity contribution in [1.29, 1.82) is 0 Å². The number of aliphatic carboxylic acids is 1. The summed E-state index contributed by atoms with van der Waals surface area (Å²) in [6, 6.07) is 6.19. The van der Waals surface area contributed by atoms with Crippen molar-refractivity contribution in [2.75, 3.05) is 11.9 Å². The van der Waals surface area contributed by atoms with Crippen LogP contribution in [0.3, 0.4) is 0 Å². The van der Waals surface area contributed by atoms with Crippen molar-refractivity contribution in [3.05, 3.63) is 29.3 Å². The normalized spacial score (nSPS) is 26.2. The third-order valence-corrected chi connectivity index (χ3v) is 4.27. The number of hydrogen-bond acceptors (Lipinski definition) is 3. The van der Waals surface area contributed by atoms with Gasteiger partial charge in [-0.25, -0.2) is 0 Å². The number of anilines is 1. The number of carbonyl (C=O) groups is 1. The summed E-state index contributed by atoms with van der Waals surface area (Å²) < 4.78 is 0. The van der Waals surface area contributed by atoms with Crippen LogP contribution in [0.15, 0.2) is 18.2 Å². The van der Waals surface area contributed by atoms with Crippen molar-refractivity contribution in [2.24, 2.45) is 5.92 Å². The summed E-state index contributed by atoms with van der Waals surface area (Å²) in [6.45, 7) is 4.55. The van der Waals surface area contributed by atoms with E-state index in [9.17, 15) is 9.90 Å². The number of benzene rings is 1. The molecule has 0 spiro atoms. The number of hydrogen-bond donors (Lipinski definition) is 3. The molecule has 0 unspecified atom stereocenters. The van der Waals surface area contributed by atoms with Gasteiger partial charge in [0.05, 0.1) is 11.5 Å². The van der Waals surface area contributed by atoms with Gasteiger partial charge in [-0.1, -0.05) is 12.1 Å². The Morgan fingerprint density at radius 3 is 2.60 bits per heavy atom. The molecule has 2 rings (SSSR count). The second-order valence-electron chi connectivity index (χ2n) is 6.01. The van der Waals surface area contributed by atoms with Crippen LogP contribution in [0.4, 0.5) is 5.69 Å². The predicted octanol–water partition coefficient (Wildman–Crippen LogP) is 2.72. The van der Waals surface area contributed by atoms with Crippen LogP contribution in [-0.2, 0) is 4.79 Å². The van der Waals surface area contributed by atoms with Gasteiger partial charge in [0.2, 0.25) is 0 Å². The van der Waals surface area contributed by atoms with E-state index in [-0.39, 0.29) is 5.92 Å². The first-order valence-electron chi connectivity index (χ1n) is 7.16. The molecule has 4 nitrogen and oxygen atoms in total. The van der Waals surface area contributed by atoms with Gasteiger partial charge < -0.3 is 15.5 Å². The lowest BCUT2D eigenvalue weighted by molar-refractivity contribution is -0.144. The van der Waals surface area contributed by atoms with Gasteiger partial charge >= 0.3 is 5.97 Å². The zero-order chi connectivity index (χ0) is 14.8. The van der Waals surface area contributed by atoms with E-state index in [1.165, 1.54) is 5.56 Å². The summed E-state index contributed by atoms with van der Waals surface area (Å²) in [7, 11) is 0. The molecule has 1 fully saturated rings. The maximum absolute atomic E-state index is 10.9. The van der Waals surface area contributed by atoms with Gasteiger partial charge in [0.25, 0.3) is 0 Å². The molecule has 0 radical (unpaired) electrons. The Bertz CT molecular complexity index is 490. The van der Waals surface area contributed by atoms with Crippen LogP contribution in [0.5, 0.6) is 0 Å². The summed E-state index contributed by atoms with van der Waals surface area (Å²) in [5.74, 6) is -1.04.